The number of phenolic OH excluding ortho intramolecular Hbond substituents is 1. The highest BCUT2D eigenvalue weighted by Crippen LogP contribution is 2.22. The second-order valence-corrected chi connectivity index (χ2v) is 4.55. The van der Waals surface area contributed by atoms with E-state index >= 15 is 0 Å². The lowest BCUT2D eigenvalue weighted by Gasteiger charge is -2.02. The van der Waals surface area contributed by atoms with Crippen LogP contribution in [0.5, 0.6) is 11.5 Å². The summed E-state index contributed by atoms with van der Waals surface area (Å²) in [6.07, 6.45) is 0.628. The van der Waals surface area contributed by atoms with Gasteiger partial charge in [-0.1, -0.05) is 23.6 Å². The molecule has 3 nitrogen and oxygen atoms in total. The van der Waals surface area contributed by atoms with Crippen molar-refractivity contribution in [3.63, 3.8) is 0 Å². The first-order valence-corrected chi connectivity index (χ1v) is 6.11. The summed E-state index contributed by atoms with van der Waals surface area (Å²) in [4.78, 5) is 10.7. The van der Waals surface area contributed by atoms with Gasteiger partial charge in [0.15, 0.2) is 5.12 Å². The van der Waals surface area contributed by atoms with E-state index in [1.54, 1.807) is 25.3 Å². The zero-order valence-electron chi connectivity index (χ0n) is 9.82. The molecule has 0 unspecified atom stereocenters. The lowest BCUT2D eigenvalue weighted by atomic mass is 10.2. The summed E-state index contributed by atoms with van der Waals surface area (Å²) in [6.45, 7) is 1.54. The van der Waals surface area contributed by atoms with Gasteiger partial charge in [-0.3, -0.25) is 4.79 Å². The quantitative estimate of drug-likeness (QED) is 0.661. The third kappa shape index (κ3) is 4.83. The number of hydrogen-bond acceptors (Lipinski definition) is 4. The first kappa shape index (κ1) is 13.5. The molecule has 0 spiro atoms. The normalized spacial score (nSPS) is 9.29. The third-order valence-corrected chi connectivity index (χ3v) is 2.75. The number of benzene rings is 1. The first-order valence-electron chi connectivity index (χ1n) is 5.12. The molecule has 0 aliphatic rings. The highest BCUT2D eigenvalue weighted by atomic mass is 32.2. The van der Waals surface area contributed by atoms with Gasteiger partial charge in [0.05, 0.1) is 12.7 Å². The van der Waals surface area contributed by atoms with Crippen LogP contribution in [0.1, 0.15) is 18.9 Å². The van der Waals surface area contributed by atoms with E-state index in [4.69, 9.17) is 4.74 Å². The Morgan fingerprint density at radius 1 is 1.53 bits per heavy atom. The molecule has 0 heterocycles. The Balaban J connectivity index is 2.64. The minimum absolute atomic E-state index is 0.0988. The van der Waals surface area contributed by atoms with Crippen molar-refractivity contribution < 1.29 is 14.6 Å². The van der Waals surface area contributed by atoms with Crippen molar-refractivity contribution in [3.05, 3.63) is 23.8 Å². The fourth-order valence-electron chi connectivity index (χ4n) is 1.20. The second kappa shape index (κ2) is 6.87. The van der Waals surface area contributed by atoms with Gasteiger partial charge in [-0.25, -0.2) is 0 Å². The Labute approximate surface area is 105 Å². The lowest BCUT2D eigenvalue weighted by Crippen LogP contribution is -1.87. The fraction of sp³-hybridized carbons (Fsp3) is 0.308. The molecule has 0 amide bonds. The molecule has 0 fully saturated rings. The van der Waals surface area contributed by atoms with E-state index in [2.05, 4.69) is 11.8 Å². The number of thioether (sulfide) groups is 1. The summed E-state index contributed by atoms with van der Waals surface area (Å²) in [5.41, 5.74) is 0.653. The third-order valence-electron chi connectivity index (χ3n) is 1.94. The van der Waals surface area contributed by atoms with E-state index in [9.17, 15) is 9.90 Å². The molecule has 0 atom stereocenters. The predicted octanol–water partition coefficient (Wildman–Crippen LogP) is 2.42. The van der Waals surface area contributed by atoms with E-state index < -0.39 is 0 Å². The molecule has 0 bridgehead atoms. The monoisotopic (exact) mass is 250 g/mol. The SMILES string of the molecule is COc1ccc(O)cc1C#CCCSC(C)=O. The standard InChI is InChI=1S/C13H14O3S/c1-10(14)17-8-4-3-5-11-9-12(15)6-7-13(11)16-2/h6-7,9,15H,4,8H2,1-2H3. The molecule has 0 aliphatic carbocycles. The number of aromatic hydroxyl groups is 1. The van der Waals surface area contributed by atoms with Crippen LogP contribution < -0.4 is 4.74 Å². The second-order valence-electron chi connectivity index (χ2n) is 3.28. The van der Waals surface area contributed by atoms with Crippen molar-refractivity contribution >= 4 is 16.9 Å². The Bertz CT molecular complexity index is 457. The number of carbonyl (C=O) groups is 1. The van der Waals surface area contributed by atoms with Crippen LogP contribution in [0.3, 0.4) is 0 Å². The van der Waals surface area contributed by atoms with Crippen molar-refractivity contribution in [1.82, 2.24) is 0 Å². The Hall–Kier alpha value is -1.60. The van der Waals surface area contributed by atoms with Crippen LogP contribution in [0.25, 0.3) is 0 Å². The maximum atomic E-state index is 10.7. The summed E-state index contributed by atoms with van der Waals surface area (Å²) in [5.74, 6) is 7.34. The van der Waals surface area contributed by atoms with E-state index in [1.165, 1.54) is 18.7 Å². The van der Waals surface area contributed by atoms with Crippen LogP contribution in [-0.4, -0.2) is 23.1 Å². The van der Waals surface area contributed by atoms with Crippen molar-refractivity contribution in [2.75, 3.05) is 12.9 Å². The minimum atomic E-state index is 0.0988. The maximum absolute atomic E-state index is 10.7. The van der Waals surface area contributed by atoms with E-state index in [-0.39, 0.29) is 10.9 Å². The van der Waals surface area contributed by atoms with Crippen molar-refractivity contribution in [3.8, 4) is 23.3 Å². The first-order chi connectivity index (χ1) is 8.13. The summed E-state index contributed by atoms with van der Waals surface area (Å²) in [5, 5.41) is 9.44. The highest BCUT2D eigenvalue weighted by Gasteiger charge is 2.00. The molecule has 0 aliphatic heterocycles. The van der Waals surface area contributed by atoms with Crippen molar-refractivity contribution in [2.24, 2.45) is 0 Å². The largest absolute Gasteiger partial charge is 0.508 e. The molecule has 90 valence electrons. The van der Waals surface area contributed by atoms with Crippen LogP contribution in [0.15, 0.2) is 18.2 Å². The van der Waals surface area contributed by atoms with Gasteiger partial charge in [-0.2, -0.15) is 0 Å². The van der Waals surface area contributed by atoms with Crippen LogP contribution in [0, 0.1) is 11.8 Å². The number of methoxy groups -OCH3 is 1. The summed E-state index contributed by atoms with van der Waals surface area (Å²) >= 11 is 1.26. The highest BCUT2D eigenvalue weighted by molar-refractivity contribution is 8.13. The van der Waals surface area contributed by atoms with Crippen LogP contribution in [0.4, 0.5) is 0 Å². The van der Waals surface area contributed by atoms with Crippen molar-refractivity contribution in [1.29, 1.82) is 0 Å². The molecule has 17 heavy (non-hydrogen) atoms. The zero-order valence-corrected chi connectivity index (χ0v) is 10.6. The summed E-state index contributed by atoms with van der Waals surface area (Å²) < 4.78 is 5.12. The molecule has 1 rings (SSSR count). The molecule has 0 saturated carbocycles. The average molecular weight is 250 g/mol. The zero-order chi connectivity index (χ0) is 12.7. The van der Waals surface area contributed by atoms with Gasteiger partial charge in [0.2, 0.25) is 0 Å². The van der Waals surface area contributed by atoms with E-state index in [0.717, 1.165) is 0 Å². The Kier molecular flexibility index (Phi) is 5.44. The van der Waals surface area contributed by atoms with Crippen LogP contribution >= 0.6 is 11.8 Å². The Morgan fingerprint density at radius 2 is 2.29 bits per heavy atom. The molecule has 4 heteroatoms. The maximum Gasteiger partial charge on any atom is 0.185 e. The molecule has 1 N–H and O–H groups in total. The van der Waals surface area contributed by atoms with Gasteiger partial charge in [-0.05, 0) is 18.2 Å². The molecule has 0 aromatic heterocycles. The van der Waals surface area contributed by atoms with Gasteiger partial charge in [-0.15, -0.1) is 0 Å². The van der Waals surface area contributed by atoms with Crippen LogP contribution in [-0.2, 0) is 4.79 Å². The average Bonchev–Trinajstić information content (AvgIpc) is 2.28. The smallest absolute Gasteiger partial charge is 0.185 e. The van der Waals surface area contributed by atoms with Gasteiger partial charge in [0.25, 0.3) is 0 Å². The van der Waals surface area contributed by atoms with Gasteiger partial charge >= 0.3 is 0 Å². The molecule has 0 saturated heterocycles. The number of phenols is 1. The lowest BCUT2D eigenvalue weighted by molar-refractivity contribution is -0.109. The van der Waals surface area contributed by atoms with Gasteiger partial charge in [0.1, 0.15) is 11.5 Å². The topological polar surface area (TPSA) is 46.5 Å². The van der Waals surface area contributed by atoms with Gasteiger partial charge in [0, 0.05) is 19.1 Å². The van der Waals surface area contributed by atoms with E-state index in [1.807, 2.05) is 0 Å². The van der Waals surface area contributed by atoms with E-state index in [0.29, 0.717) is 23.5 Å². The number of ether oxygens (including phenoxy) is 1. The Morgan fingerprint density at radius 3 is 2.94 bits per heavy atom. The number of carbonyl (C=O) groups excluding carboxylic acids is 1. The molecular formula is C13H14O3S. The molecular weight excluding hydrogens is 236 g/mol. The number of rotatable bonds is 3. The molecule has 1 aromatic rings. The minimum Gasteiger partial charge on any atom is -0.508 e. The predicted molar refractivity (Wildman–Crippen MR) is 69.3 cm³/mol. The van der Waals surface area contributed by atoms with Crippen LogP contribution in [0.2, 0.25) is 0 Å². The fourth-order valence-corrected chi connectivity index (χ4v) is 1.69. The van der Waals surface area contributed by atoms with Crippen molar-refractivity contribution in [2.45, 2.75) is 13.3 Å². The van der Waals surface area contributed by atoms with Gasteiger partial charge < -0.3 is 9.84 Å². The summed E-state index contributed by atoms with van der Waals surface area (Å²) in [7, 11) is 1.56. The molecule has 0 radical (unpaired) electrons. The molecule has 1 aromatic carbocycles. The number of hydrogen-bond donors (Lipinski definition) is 1. The summed E-state index contributed by atoms with van der Waals surface area (Å²) in [6, 6.07) is 4.78.